The molecular formula is C21H23N5O2. The predicted octanol–water partition coefficient (Wildman–Crippen LogP) is 1.85. The monoisotopic (exact) mass is 377 g/mol. The summed E-state index contributed by atoms with van der Waals surface area (Å²) >= 11 is 0. The molecule has 0 spiro atoms. The molecule has 1 aliphatic rings. The molecule has 0 fully saturated rings. The summed E-state index contributed by atoms with van der Waals surface area (Å²) in [5.74, 6) is 0.180. The smallest absolute Gasteiger partial charge is 0.258 e. The van der Waals surface area contributed by atoms with Gasteiger partial charge in [0.05, 0.1) is 11.4 Å². The number of amides is 1. The molecule has 0 unspecified atom stereocenters. The van der Waals surface area contributed by atoms with E-state index in [1.54, 1.807) is 4.68 Å². The Morgan fingerprint density at radius 3 is 2.68 bits per heavy atom. The van der Waals surface area contributed by atoms with Crippen molar-refractivity contribution in [3.8, 4) is 5.95 Å². The van der Waals surface area contributed by atoms with Crippen LogP contribution >= 0.6 is 0 Å². The van der Waals surface area contributed by atoms with Crippen molar-refractivity contribution >= 4 is 5.91 Å². The van der Waals surface area contributed by atoms with Crippen LogP contribution in [0.25, 0.3) is 5.95 Å². The molecule has 7 nitrogen and oxygen atoms in total. The number of hydrogen-bond donors (Lipinski definition) is 1. The van der Waals surface area contributed by atoms with Crippen LogP contribution < -0.4 is 10.9 Å². The fraction of sp³-hybridized carbons (Fsp3) is 0.333. The summed E-state index contributed by atoms with van der Waals surface area (Å²) in [7, 11) is 0. The van der Waals surface area contributed by atoms with Crippen LogP contribution in [0.4, 0.5) is 0 Å². The normalized spacial score (nSPS) is 12.8. The number of nitrogens with zero attached hydrogens (tertiary/aromatic N) is 4. The number of hydrogen-bond acceptors (Lipinski definition) is 4. The Balaban J connectivity index is 1.66. The molecule has 0 saturated heterocycles. The summed E-state index contributed by atoms with van der Waals surface area (Å²) in [5, 5.41) is 7.36. The first kappa shape index (κ1) is 18.2. The van der Waals surface area contributed by atoms with Crippen molar-refractivity contribution in [3.05, 3.63) is 75.0 Å². The average molecular weight is 377 g/mol. The first-order chi connectivity index (χ1) is 13.5. The van der Waals surface area contributed by atoms with Crippen molar-refractivity contribution < 1.29 is 4.79 Å². The summed E-state index contributed by atoms with van der Waals surface area (Å²) in [4.78, 5) is 30.4. The highest BCUT2D eigenvalue weighted by Crippen LogP contribution is 2.19. The van der Waals surface area contributed by atoms with Gasteiger partial charge in [-0.25, -0.2) is 9.67 Å². The Kier molecular flexibility index (Phi) is 4.81. The van der Waals surface area contributed by atoms with E-state index in [1.165, 1.54) is 4.57 Å². The molecule has 1 amide bonds. The van der Waals surface area contributed by atoms with Gasteiger partial charge in [0.15, 0.2) is 0 Å². The fourth-order valence-electron chi connectivity index (χ4n) is 3.65. The Morgan fingerprint density at radius 2 is 1.96 bits per heavy atom. The number of rotatable bonds is 5. The summed E-state index contributed by atoms with van der Waals surface area (Å²) in [6.45, 7) is 4.15. The third-order valence-corrected chi connectivity index (χ3v) is 5.00. The van der Waals surface area contributed by atoms with E-state index in [9.17, 15) is 9.59 Å². The van der Waals surface area contributed by atoms with E-state index in [0.29, 0.717) is 18.9 Å². The zero-order valence-electron chi connectivity index (χ0n) is 16.1. The van der Waals surface area contributed by atoms with E-state index < -0.39 is 0 Å². The topological polar surface area (TPSA) is 81.8 Å². The molecule has 1 N–H and O–H groups in total. The van der Waals surface area contributed by atoms with Crippen LogP contribution in [0.3, 0.4) is 0 Å². The molecule has 2 heterocycles. The van der Waals surface area contributed by atoms with E-state index in [-0.39, 0.29) is 18.0 Å². The Labute approximate surface area is 163 Å². The van der Waals surface area contributed by atoms with E-state index in [0.717, 1.165) is 41.1 Å². The van der Waals surface area contributed by atoms with Gasteiger partial charge >= 0.3 is 0 Å². The number of nitrogens with one attached hydrogen (secondary N) is 1. The molecule has 1 aromatic carbocycles. The molecule has 2 aromatic heterocycles. The van der Waals surface area contributed by atoms with Gasteiger partial charge in [-0.05, 0) is 44.7 Å². The zero-order chi connectivity index (χ0) is 19.7. The standard InChI is InChI=1S/C21H23N5O2/c1-14-11-15(2)26(24-14)21-23-18-10-6-9-17(18)20(28)25(21)13-19(27)22-12-16-7-4-3-5-8-16/h3-5,7-8,11H,6,9-10,12-13H2,1-2H3,(H,22,27). The highest BCUT2D eigenvalue weighted by atomic mass is 16.2. The number of fused-ring (bicyclic) bond motifs is 1. The largest absolute Gasteiger partial charge is 0.350 e. The van der Waals surface area contributed by atoms with Gasteiger partial charge in [0.1, 0.15) is 6.54 Å². The molecule has 144 valence electrons. The molecule has 7 heteroatoms. The molecule has 28 heavy (non-hydrogen) atoms. The van der Waals surface area contributed by atoms with E-state index in [4.69, 9.17) is 4.98 Å². The molecule has 4 rings (SSSR count). The second-order valence-corrected chi connectivity index (χ2v) is 7.18. The molecule has 3 aromatic rings. The van der Waals surface area contributed by atoms with Crippen LogP contribution in [0.2, 0.25) is 0 Å². The minimum absolute atomic E-state index is 0.0837. The maximum atomic E-state index is 13.1. The van der Waals surface area contributed by atoms with E-state index in [1.807, 2.05) is 50.2 Å². The number of carbonyl (C=O) groups excluding carboxylic acids is 1. The zero-order valence-corrected chi connectivity index (χ0v) is 16.1. The predicted molar refractivity (Wildman–Crippen MR) is 105 cm³/mol. The summed E-state index contributed by atoms with van der Waals surface area (Å²) in [6.07, 6.45) is 2.42. The van der Waals surface area contributed by atoms with Gasteiger partial charge in [-0.1, -0.05) is 30.3 Å². The minimum atomic E-state index is -0.228. The lowest BCUT2D eigenvalue weighted by Gasteiger charge is -2.15. The quantitative estimate of drug-likeness (QED) is 0.736. The van der Waals surface area contributed by atoms with Crippen molar-refractivity contribution in [2.45, 2.75) is 46.2 Å². The summed E-state index contributed by atoms with van der Waals surface area (Å²) in [6, 6.07) is 11.6. The van der Waals surface area contributed by atoms with Crippen LogP contribution in [0.1, 0.15) is 34.6 Å². The highest BCUT2D eigenvalue weighted by Gasteiger charge is 2.23. The lowest BCUT2D eigenvalue weighted by molar-refractivity contribution is -0.121. The lowest BCUT2D eigenvalue weighted by Crippen LogP contribution is -2.36. The Bertz CT molecular complexity index is 1080. The molecule has 1 aliphatic carbocycles. The van der Waals surface area contributed by atoms with Gasteiger partial charge in [0.2, 0.25) is 11.9 Å². The number of carbonyl (C=O) groups is 1. The van der Waals surface area contributed by atoms with Crippen LogP contribution in [0.5, 0.6) is 0 Å². The molecule has 0 atom stereocenters. The van der Waals surface area contributed by atoms with Gasteiger partial charge < -0.3 is 5.32 Å². The Hall–Kier alpha value is -3.22. The fourth-order valence-corrected chi connectivity index (χ4v) is 3.65. The van der Waals surface area contributed by atoms with Gasteiger partial charge in [0, 0.05) is 17.8 Å². The van der Waals surface area contributed by atoms with Crippen molar-refractivity contribution in [1.82, 2.24) is 24.6 Å². The van der Waals surface area contributed by atoms with Gasteiger partial charge in [-0.15, -0.1) is 0 Å². The third kappa shape index (κ3) is 3.47. The first-order valence-electron chi connectivity index (χ1n) is 9.50. The summed E-state index contributed by atoms with van der Waals surface area (Å²) in [5.41, 5.74) is 4.14. The van der Waals surface area contributed by atoms with Crippen LogP contribution in [0, 0.1) is 13.8 Å². The van der Waals surface area contributed by atoms with Crippen molar-refractivity contribution in [3.63, 3.8) is 0 Å². The molecule has 0 bridgehead atoms. The SMILES string of the molecule is Cc1cc(C)n(-c2nc3c(c(=O)n2CC(=O)NCc2ccccc2)CCC3)n1. The van der Waals surface area contributed by atoms with Crippen molar-refractivity contribution in [2.75, 3.05) is 0 Å². The molecular weight excluding hydrogens is 354 g/mol. The minimum Gasteiger partial charge on any atom is -0.350 e. The summed E-state index contributed by atoms with van der Waals surface area (Å²) < 4.78 is 3.10. The van der Waals surface area contributed by atoms with Crippen LogP contribution in [-0.2, 0) is 30.7 Å². The Morgan fingerprint density at radius 1 is 1.18 bits per heavy atom. The van der Waals surface area contributed by atoms with Crippen LogP contribution in [-0.4, -0.2) is 25.2 Å². The number of aryl methyl sites for hydroxylation is 3. The van der Waals surface area contributed by atoms with Gasteiger partial charge in [-0.3, -0.25) is 14.2 Å². The van der Waals surface area contributed by atoms with Gasteiger partial charge in [0.25, 0.3) is 5.56 Å². The van der Waals surface area contributed by atoms with E-state index in [2.05, 4.69) is 10.4 Å². The van der Waals surface area contributed by atoms with E-state index >= 15 is 0 Å². The molecule has 0 radical (unpaired) electrons. The average Bonchev–Trinajstić information content (AvgIpc) is 3.29. The number of benzene rings is 1. The molecule has 0 saturated carbocycles. The van der Waals surface area contributed by atoms with Gasteiger partial charge in [-0.2, -0.15) is 5.10 Å². The maximum absolute atomic E-state index is 13.1. The van der Waals surface area contributed by atoms with Crippen molar-refractivity contribution in [1.29, 1.82) is 0 Å². The number of aromatic nitrogens is 4. The van der Waals surface area contributed by atoms with Crippen LogP contribution in [0.15, 0.2) is 41.2 Å². The van der Waals surface area contributed by atoms with Crippen molar-refractivity contribution in [2.24, 2.45) is 0 Å². The molecule has 0 aliphatic heterocycles. The second-order valence-electron chi connectivity index (χ2n) is 7.18. The first-order valence-corrected chi connectivity index (χ1v) is 9.50. The lowest BCUT2D eigenvalue weighted by atomic mass is 10.2. The second kappa shape index (κ2) is 7.42. The highest BCUT2D eigenvalue weighted by molar-refractivity contribution is 5.76. The third-order valence-electron chi connectivity index (χ3n) is 5.00. The maximum Gasteiger partial charge on any atom is 0.258 e.